The lowest BCUT2D eigenvalue weighted by Crippen LogP contribution is -2.42. The summed E-state index contributed by atoms with van der Waals surface area (Å²) < 4.78 is 34.5. The molecule has 4 rings (SSSR count). The number of nitrogens with zero attached hydrogens (tertiary/aromatic N) is 5. The molecule has 2 atom stereocenters. The Kier molecular flexibility index (Phi) is 5.63. The van der Waals surface area contributed by atoms with Crippen molar-refractivity contribution in [1.82, 2.24) is 24.3 Å². The van der Waals surface area contributed by atoms with Crippen LogP contribution in [-0.2, 0) is 17.1 Å². The number of hydrogen-bond acceptors (Lipinski definition) is 7. The Morgan fingerprint density at radius 3 is 2.39 bits per heavy atom. The molecule has 0 radical (unpaired) electrons. The van der Waals surface area contributed by atoms with Crippen LogP contribution in [0.4, 0.5) is 6.01 Å². The van der Waals surface area contributed by atoms with Crippen LogP contribution >= 0.6 is 0 Å². The third-order valence-corrected chi connectivity index (χ3v) is 7.01. The van der Waals surface area contributed by atoms with E-state index in [1.54, 1.807) is 24.0 Å². The number of aryl methyl sites for hydroxylation is 1. The van der Waals surface area contributed by atoms with Crippen LogP contribution in [0.5, 0.6) is 0 Å². The summed E-state index contributed by atoms with van der Waals surface area (Å²) in [7, 11) is -1.84. The standard InChI is InChI=1S/C20H24N6O4S/c1-13-10-14(2)12-26(11-13)31(28,29)16-6-4-15(5-7-16)18(27)21-20-23-22-19(30-20)17-8-9-25(3)24-17/h4-9,13-14H,10-12H2,1-3H3,(H,21,23,27). The molecule has 2 aromatic heterocycles. The molecular formula is C20H24N6O4S. The molecule has 0 spiro atoms. The van der Waals surface area contributed by atoms with Gasteiger partial charge in [-0.15, -0.1) is 5.10 Å². The molecule has 31 heavy (non-hydrogen) atoms. The van der Waals surface area contributed by atoms with Crippen molar-refractivity contribution < 1.29 is 17.6 Å². The Morgan fingerprint density at radius 1 is 1.10 bits per heavy atom. The first kappa shape index (κ1) is 21.2. The topological polar surface area (TPSA) is 123 Å². The number of carbonyl (C=O) groups excluding carboxylic acids is 1. The van der Waals surface area contributed by atoms with Crippen molar-refractivity contribution in [3.05, 3.63) is 42.1 Å². The minimum absolute atomic E-state index is 0.0707. The van der Waals surface area contributed by atoms with Gasteiger partial charge in [0.1, 0.15) is 5.69 Å². The summed E-state index contributed by atoms with van der Waals surface area (Å²) in [6.07, 6.45) is 2.75. The summed E-state index contributed by atoms with van der Waals surface area (Å²) in [5.41, 5.74) is 0.767. The normalized spacial score (nSPS) is 20.0. The summed E-state index contributed by atoms with van der Waals surface area (Å²) in [6, 6.07) is 7.47. The van der Waals surface area contributed by atoms with Gasteiger partial charge >= 0.3 is 6.01 Å². The Labute approximate surface area is 180 Å². The number of carbonyl (C=O) groups is 1. The highest BCUT2D eigenvalue weighted by atomic mass is 32.2. The number of hydrogen-bond donors (Lipinski definition) is 1. The van der Waals surface area contributed by atoms with Crippen molar-refractivity contribution in [2.24, 2.45) is 18.9 Å². The van der Waals surface area contributed by atoms with Gasteiger partial charge in [0.2, 0.25) is 10.0 Å². The lowest BCUT2D eigenvalue weighted by Gasteiger charge is -2.34. The number of sulfonamides is 1. The molecule has 1 amide bonds. The van der Waals surface area contributed by atoms with E-state index >= 15 is 0 Å². The lowest BCUT2D eigenvalue weighted by atomic mass is 9.94. The molecule has 1 aliphatic heterocycles. The van der Waals surface area contributed by atoms with Crippen LogP contribution in [0.3, 0.4) is 0 Å². The molecule has 10 nitrogen and oxygen atoms in total. The quantitative estimate of drug-likeness (QED) is 0.641. The van der Waals surface area contributed by atoms with Crippen LogP contribution in [0.2, 0.25) is 0 Å². The van der Waals surface area contributed by atoms with E-state index in [0.717, 1.165) is 6.42 Å². The molecule has 0 bridgehead atoms. The van der Waals surface area contributed by atoms with Crippen LogP contribution in [0, 0.1) is 11.8 Å². The van der Waals surface area contributed by atoms with Crippen molar-refractivity contribution in [3.8, 4) is 11.6 Å². The molecule has 1 saturated heterocycles. The Morgan fingerprint density at radius 2 is 1.77 bits per heavy atom. The molecule has 2 unspecified atom stereocenters. The van der Waals surface area contributed by atoms with E-state index < -0.39 is 15.9 Å². The van der Waals surface area contributed by atoms with Crippen LogP contribution in [0.1, 0.15) is 30.6 Å². The van der Waals surface area contributed by atoms with Gasteiger partial charge in [-0.1, -0.05) is 18.9 Å². The third-order valence-electron chi connectivity index (χ3n) is 5.17. The summed E-state index contributed by atoms with van der Waals surface area (Å²) in [6.45, 7) is 5.13. The fourth-order valence-electron chi connectivity index (χ4n) is 3.81. The summed E-state index contributed by atoms with van der Waals surface area (Å²) >= 11 is 0. The van der Waals surface area contributed by atoms with Gasteiger partial charge < -0.3 is 4.42 Å². The van der Waals surface area contributed by atoms with Crippen molar-refractivity contribution in [3.63, 3.8) is 0 Å². The van der Waals surface area contributed by atoms with Gasteiger partial charge in [0, 0.05) is 31.9 Å². The average Bonchev–Trinajstić information content (AvgIpc) is 3.36. The maximum atomic E-state index is 13.0. The predicted molar refractivity (Wildman–Crippen MR) is 113 cm³/mol. The molecule has 164 valence electrons. The molecular weight excluding hydrogens is 420 g/mol. The Balaban J connectivity index is 1.45. The van der Waals surface area contributed by atoms with E-state index in [1.807, 2.05) is 0 Å². The van der Waals surface area contributed by atoms with E-state index in [-0.39, 0.29) is 22.4 Å². The molecule has 3 heterocycles. The zero-order valence-corrected chi connectivity index (χ0v) is 18.3. The minimum atomic E-state index is -3.60. The number of benzene rings is 1. The number of piperidine rings is 1. The predicted octanol–water partition coefficient (Wildman–Crippen LogP) is 2.39. The Bertz CT molecular complexity index is 1170. The van der Waals surface area contributed by atoms with Gasteiger partial charge in [-0.2, -0.15) is 9.40 Å². The van der Waals surface area contributed by atoms with E-state index in [1.165, 1.54) is 28.6 Å². The fraction of sp³-hybridized carbons (Fsp3) is 0.400. The van der Waals surface area contributed by atoms with E-state index in [9.17, 15) is 13.2 Å². The molecule has 0 saturated carbocycles. The van der Waals surface area contributed by atoms with Gasteiger partial charge in [-0.25, -0.2) is 8.42 Å². The first-order valence-electron chi connectivity index (χ1n) is 9.97. The maximum absolute atomic E-state index is 13.0. The number of amides is 1. The Hall–Kier alpha value is -3.05. The van der Waals surface area contributed by atoms with Crippen molar-refractivity contribution in [2.45, 2.75) is 25.2 Å². The molecule has 3 aromatic rings. The molecule has 1 aromatic carbocycles. The molecule has 1 fully saturated rings. The zero-order chi connectivity index (χ0) is 22.2. The van der Waals surface area contributed by atoms with E-state index in [4.69, 9.17) is 4.42 Å². The van der Waals surface area contributed by atoms with Gasteiger partial charge in [0.05, 0.1) is 4.90 Å². The SMILES string of the molecule is CC1CC(C)CN(S(=O)(=O)c2ccc(C(=O)Nc3nnc(-c4ccn(C)n4)o3)cc2)C1. The van der Waals surface area contributed by atoms with Gasteiger partial charge in [0.25, 0.3) is 11.8 Å². The van der Waals surface area contributed by atoms with E-state index in [0.29, 0.717) is 30.6 Å². The lowest BCUT2D eigenvalue weighted by molar-refractivity contribution is 0.102. The summed E-state index contributed by atoms with van der Waals surface area (Å²) in [5.74, 6) is 0.325. The average molecular weight is 445 g/mol. The highest BCUT2D eigenvalue weighted by molar-refractivity contribution is 7.89. The minimum Gasteiger partial charge on any atom is -0.401 e. The molecule has 0 aliphatic carbocycles. The van der Waals surface area contributed by atoms with Crippen LogP contribution < -0.4 is 5.32 Å². The van der Waals surface area contributed by atoms with Gasteiger partial charge in [0.15, 0.2) is 0 Å². The second-order valence-corrected chi connectivity index (χ2v) is 9.97. The highest BCUT2D eigenvalue weighted by Crippen LogP contribution is 2.27. The van der Waals surface area contributed by atoms with Crippen LogP contribution in [0.15, 0.2) is 45.8 Å². The first-order chi connectivity index (χ1) is 14.7. The van der Waals surface area contributed by atoms with Gasteiger partial charge in [-0.05, 0) is 48.6 Å². The van der Waals surface area contributed by atoms with E-state index in [2.05, 4.69) is 34.5 Å². The fourth-order valence-corrected chi connectivity index (χ4v) is 5.48. The summed E-state index contributed by atoms with van der Waals surface area (Å²) in [4.78, 5) is 12.7. The maximum Gasteiger partial charge on any atom is 0.322 e. The number of rotatable bonds is 5. The van der Waals surface area contributed by atoms with Crippen LogP contribution in [-0.4, -0.2) is 51.7 Å². The second-order valence-electron chi connectivity index (χ2n) is 8.03. The third kappa shape index (κ3) is 4.52. The number of aromatic nitrogens is 4. The summed E-state index contributed by atoms with van der Waals surface area (Å²) in [5, 5.41) is 14.3. The smallest absolute Gasteiger partial charge is 0.322 e. The zero-order valence-electron chi connectivity index (χ0n) is 17.5. The highest BCUT2D eigenvalue weighted by Gasteiger charge is 2.31. The first-order valence-corrected chi connectivity index (χ1v) is 11.4. The van der Waals surface area contributed by atoms with Crippen molar-refractivity contribution in [1.29, 1.82) is 0 Å². The second kappa shape index (κ2) is 8.23. The molecule has 1 aliphatic rings. The number of nitrogens with one attached hydrogen (secondary N) is 1. The van der Waals surface area contributed by atoms with Gasteiger partial charge in [-0.3, -0.25) is 14.8 Å². The molecule has 1 N–H and O–H groups in total. The van der Waals surface area contributed by atoms with Crippen molar-refractivity contribution in [2.75, 3.05) is 18.4 Å². The van der Waals surface area contributed by atoms with Crippen molar-refractivity contribution >= 4 is 21.9 Å². The molecule has 11 heteroatoms. The van der Waals surface area contributed by atoms with Crippen LogP contribution in [0.25, 0.3) is 11.6 Å². The monoisotopic (exact) mass is 444 g/mol. The number of anilines is 1. The largest absolute Gasteiger partial charge is 0.401 e.